The summed E-state index contributed by atoms with van der Waals surface area (Å²) in [5.74, 6) is 2.64. The molecule has 0 radical (unpaired) electrons. The van der Waals surface area contributed by atoms with Crippen LogP contribution in [0.25, 0.3) is 0 Å². The summed E-state index contributed by atoms with van der Waals surface area (Å²) in [7, 11) is -6.56. The van der Waals surface area contributed by atoms with Gasteiger partial charge in [0.1, 0.15) is 23.0 Å². The normalized spacial score (nSPS) is 32.1. The summed E-state index contributed by atoms with van der Waals surface area (Å²) in [5, 5.41) is 4.65. The molecular weight excluding hydrogens is 835 g/mol. The van der Waals surface area contributed by atoms with Gasteiger partial charge in [-0.3, -0.25) is 0 Å². The highest BCUT2D eigenvalue weighted by Crippen LogP contribution is 2.55. The second-order valence-electron chi connectivity index (χ2n) is 18.9. The molecule has 4 aliphatic heterocycles. The molecule has 3 saturated carbocycles. The highest BCUT2D eigenvalue weighted by atomic mass is 31.2. The Morgan fingerprint density at radius 3 is 1.23 bits per heavy atom. The van der Waals surface area contributed by atoms with E-state index in [2.05, 4.69) is 46.2 Å². The van der Waals surface area contributed by atoms with Gasteiger partial charge in [0, 0.05) is 22.0 Å². The number of benzene rings is 6. The lowest BCUT2D eigenvalue weighted by molar-refractivity contribution is -0.154. The van der Waals surface area contributed by atoms with Gasteiger partial charge in [-0.05, 0) is 99.2 Å². The second-order valence-corrected chi connectivity index (χ2v) is 24.3. The molecule has 64 heavy (non-hydrogen) atoms. The molecule has 10 unspecified atom stereocenters. The predicted molar refractivity (Wildman–Crippen MR) is 255 cm³/mol. The van der Waals surface area contributed by atoms with E-state index in [4.69, 9.17) is 18.9 Å². The van der Waals surface area contributed by atoms with Crippen molar-refractivity contribution in [3.8, 4) is 23.0 Å². The predicted octanol–water partition coefficient (Wildman–Crippen LogP) is 9.44. The molecular formula is C54H52N2O6P2. The Balaban J connectivity index is 0.901. The van der Waals surface area contributed by atoms with Crippen molar-refractivity contribution >= 4 is 57.5 Å². The molecule has 8 nitrogen and oxygen atoms in total. The van der Waals surface area contributed by atoms with E-state index in [0.29, 0.717) is 23.0 Å². The van der Waals surface area contributed by atoms with Gasteiger partial charge in [0.25, 0.3) is 0 Å². The standard InChI is InChI=1S/C54H52N2O6P2/c57-63(37-15-3-1-4-16-37)51-25-13-11-23-45(51)61-47-29-27-35(31-53(47)63)55-39-19-7-9-21-43(39)59-49-34-42-50(33-41(49)55)60-44-22-10-8-20-40(44)56(42)36-28-30-48-54(32-36)64(58,38-17-5-2-6-18-38)52-26-14-12-24-46(52)62-48/h1-6,11-18,23-32,39-44,49-50H,7-10,19-22,33-34H2. The smallest absolute Gasteiger partial charge is 0.178 e. The van der Waals surface area contributed by atoms with Crippen LogP contribution in [0.5, 0.6) is 23.0 Å². The number of fused-ring (bicyclic) bond motifs is 8. The van der Waals surface area contributed by atoms with Crippen LogP contribution in [0.4, 0.5) is 11.4 Å². The first-order valence-electron chi connectivity index (χ1n) is 23.5. The van der Waals surface area contributed by atoms with Crippen molar-refractivity contribution in [1.82, 2.24) is 0 Å². The van der Waals surface area contributed by atoms with Gasteiger partial charge < -0.3 is 37.9 Å². The topological polar surface area (TPSA) is 77.5 Å². The lowest BCUT2D eigenvalue weighted by Crippen LogP contribution is -2.71. The molecule has 4 heterocycles. The molecule has 6 aromatic rings. The van der Waals surface area contributed by atoms with Crippen molar-refractivity contribution < 1.29 is 28.1 Å². The molecule has 6 aromatic carbocycles. The third kappa shape index (κ3) is 5.95. The van der Waals surface area contributed by atoms with Crippen LogP contribution in [0.1, 0.15) is 64.2 Å². The SMILES string of the molecule is O=P1(c2ccccc2)c2ccccc2Oc2ccc(N3C4CCCCC4OC4CC5C(CC43)OC3CCCCC3N5c3ccc4c(c3)P(=O)(c3ccccc3)c3ccccc3O4)cc21. The van der Waals surface area contributed by atoms with Crippen LogP contribution >= 0.6 is 14.3 Å². The van der Waals surface area contributed by atoms with Crippen LogP contribution in [0.3, 0.4) is 0 Å². The minimum atomic E-state index is -3.28. The number of para-hydroxylation sites is 2. The molecule has 3 aliphatic carbocycles. The van der Waals surface area contributed by atoms with E-state index >= 15 is 9.13 Å². The summed E-state index contributed by atoms with van der Waals surface area (Å²) in [6, 6.07) is 49.0. The van der Waals surface area contributed by atoms with Gasteiger partial charge >= 0.3 is 0 Å². The molecule has 10 atom stereocenters. The zero-order chi connectivity index (χ0) is 42.6. The molecule has 324 valence electrons. The van der Waals surface area contributed by atoms with Crippen LogP contribution < -0.4 is 51.1 Å². The van der Waals surface area contributed by atoms with Gasteiger partial charge in [-0.15, -0.1) is 0 Å². The van der Waals surface area contributed by atoms with Gasteiger partial charge in [-0.1, -0.05) is 111 Å². The summed E-state index contributed by atoms with van der Waals surface area (Å²) < 4.78 is 59.5. The minimum absolute atomic E-state index is 0.0379. The zero-order valence-electron chi connectivity index (χ0n) is 35.8. The summed E-state index contributed by atoms with van der Waals surface area (Å²) in [6.07, 6.45) is 10.5. The van der Waals surface area contributed by atoms with Crippen LogP contribution in [0.2, 0.25) is 0 Å². The molecule has 0 N–H and O–H groups in total. The maximum atomic E-state index is 15.9. The average molecular weight is 887 g/mol. The Bertz CT molecular complexity index is 2680. The fourth-order valence-electron chi connectivity index (χ4n) is 12.7. The largest absolute Gasteiger partial charge is 0.456 e. The van der Waals surface area contributed by atoms with Gasteiger partial charge in [-0.25, -0.2) is 0 Å². The number of hydrogen-bond donors (Lipinski definition) is 0. The fraction of sp³-hybridized carbons (Fsp3) is 0.333. The van der Waals surface area contributed by atoms with Crippen LogP contribution in [0, 0.1) is 0 Å². The number of rotatable bonds is 4. The van der Waals surface area contributed by atoms with E-state index in [1.165, 1.54) is 0 Å². The Labute approximate surface area is 375 Å². The quantitative estimate of drug-likeness (QED) is 0.162. The number of morpholine rings is 2. The molecule has 7 aliphatic rings. The van der Waals surface area contributed by atoms with Crippen molar-refractivity contribution in [3.63, 3.8) is 0 Å². The lowest BCUT2D eigenvalue weighted by Gasteiger charge is -2.61. The fourth-order valence-corrected chi connectivity index (χ4v) is 18.5. The van der Waals surface area contributed by atoms with Crippen LogP contribution in [-0.2, 0) is 18.6 Å². The van der Waals surface area contributed by atoms with E-state index in [1.807, 2.05) is 109 Å². The Morgan fingerprint density at radius 2 is 0.781 bits per heavy atom. The third-order valence-corrected chi connectivity index (χ3v) is 21.7. The molecule has 13 rings (SSSR count). The molecule has 0 amide bonds. The van der Waals surface area contributed by atoms with Crippen molar-refractivity contribution in [2.75, 3.05) is 9.80 Å². The third-order valence-electron chi connectivity index (χ3n) is 15.5. The van der Waals surface area contributed by atoms with Crippen molar-refractivity contribution in [3.05, 3.63) is 146 Å². The Kier molecular flexibility index (Phi) is 9.35. The molecule has 5 fully saturated rings. The van der Waals surface area contributed by atoms with Crippen LogP contribution in [-0.4, -0.2) is 48.6 Å². The zero-order valence-corrected chi connectivity index (χ0v) is 37.6. The van der Waals surface area contributed by atoms with E-state index in [0.717, 1.165) is 107 Å². The van der Waals surface area contributed by atoms with Gasteiger partial charge in [0.2, 0.25) is 0 Å². The van der Waals surface area contributed by atoms with Crippen molar-refractivity contribution in [1.29, 1.82) is 0 Å². The highest BCUT2D eigenvalue weighted by molar-refractivity contribution is 7.86. The number of hydrogen-bond acceptors (Lipinski definition) is 8. The average Bonchev–Trinajstić information content (AvgIpc) is 3.35. The minimum Gasteiger partial charge on any atom is -0.456 e. The van der Waals surface area contributed by atoms with Crippen molar-refractivity contribution in [2.24, 2.45) is 0 Å². The van der Waals surface area contributed by atoms with Gasteiger partial charge in [0.15, 0.2) is 14.3 Å². The maximum absolute atomic E-state index is 15.9. The lowest BCUT2D eigenvalue weighted by atomic mass is 9.76. The Morgan fingerprint density at radius 1 is 0.391 bits per heavy atom. The number of nitrogens with zero attached hydrogens (tertiary/aromatic N) is 2. The summed E-state index contributed by atoms with van der Waals surface area (Å²) in [5.41, 5.74) is 2.17. The molecule has 0 aromatic heterocycles. The molecule has 2 saturated heterocycles. The first kappa shape index (κ1) is 39.3. The number of ether oxygens (including phenoxy) is 4. The maximum Gasteiger partial charge on any atom is 0.178 e. The van der Waals surface area contributed by atoms with E-state index in [9.17, 15) is 0 Å². The first-order valence-corrected chi connectivity index (χ1v) is 26.9. The van der Waals surface area contributed by atoms with Gasteiger partial charge in [0.05, 0.1) is 69.8 Å². The van der Waals surface area contributed by atoms with E-state index in [-0.39, 0.29) is 48.6 Å². The highest BCUT2D eigenvalue weighted by Gasteiger charge is 2.55. The van der Waals surface area contributed by atoms with Gasteiger partial charge in [-0.2, -0.15) is 0 Å². The van der Waals surface area contributed by atoms with E-state index in [1.54, 1.807) is 0 Å². The monoisotopic (exact) mass is 886 g/mol. The molecule has 10 heteroatoms. The molecule has 0 bridgehead atoms. The molecule has 0 spiro atoms. The Hall–Kier alpha value is -5.10. The van der Waals surface area contributed by atoms with E-state index < -0.39 is 14.3 Å². The second kappa shape index (κ2) is 15.2. The van der Waals surface area contributed by atoms with Crippen molar-refractivity contribution in [2.45, 2.75) is 113 Å². The summed E-state index contributed by atoms with van der Waals surface area (Å²) >= 11 is 0. The van der Waals surface area contributed by atoms with Crippen LogP contribution in [0.15, 0.2) is 146 Å². The summed E-state index contributed by atoms with van der Waals surface area (Å²) in [4.78, 5) is 5.35. The first-order chi connectivity index (χ1) is 31.5. The number of anilines is 2. The summed E-state index contributed by atoms with van der Waals surface area (Å²) in [6.45, 7) is 0.